The summed E-state index contributed by atoms with van der Waals surface area (Å²) < 4.78 is 5.33. The Morgan fingerprint density at radius 2 is 1.56 bits per heavy atom. The smallest absolute Gasteiger partial charge is 0.249 e. The second-order valence-electron chi connectivity index (χ2n) is 10.7. The summed E-state index contributed by atoms with van der Waals surface area (Å²) in [5.41, 5.74) is 3.34. The number of nitrogens with zero attached hydrogens (tertiary/aromatic N) is 2. The molecule has 214 valence electrons. The summed E-state index contributed by atoms with van der Waals surface area (Å²) in [6, 6.07) is 23.8. The number of nitrogens with one attached hydrogen (secondary N) is 1. The predicted molar refractivity (Wildman–Crippen MR) is 161 cm³/mol. The highest BCUT2D eigenvalue weighted by molar-refractivity contribution is 7.98. The maximum atomic E-state index is 14.6. The number of piperazine rings is 1. The molecule has 3 aromatic carbocycles. The van der Waals surface area contributed by atoms with E-state index in [1.807, 2.05) is 96.9 Å². The molecule has 0 aliphatic carbocycles. The first-order chi connectivity index (χ1) is 19.9. The summed E-state index contributed by atoms with van der Waals surface area (Å²) in [6.45, 7) is 4.29. The van der Waals surface area contributed by atoms with Crippen molar-refractivity contribution in [2.75, 3.05) is 46.2 Å². The van der Waals surface area contributed by atoms with Crippen LogP contribution in [0.5, 0.6) is 0 Å². The van der Waals surface area contributed by atoms with Gasteiger partial charge in [0.1, 0.15) is 12.6 Å². The number of carbonyl (C=O) groups excluding carboxylic acids is 3. The third-order valence-corrected chi connectivity index (χ3v) is 8.93. The van der Waals surface area contributed by atoms with Crippen molar-refractivity contribution < 1.29 is 19.1 Å². The van der Waals surface area contributed by atoms with E-state index in [9.17, 15) is 14.4 Å². The first-order valence-electron chi connectivity index (χ1n) is 14.0. The van der Waals surface area contributed by atoms with Crippen molar-refractivity contribution in [2.24, 2.45) is 5.92 Å². The molecule has 0 aromatic heterocycles. The van der Waals surface area contributed by atoms with Crippen molar-refractivity contribution >= 4 is 29.4 Å². The lowest BCUT2D eigenvalue weighted by Crippen LogP contribution is -2.55. The highest BCUT2D eigenvalue weighted by Gasteiger charge is 2.58. The number of benzene rings is 3. The zero-order valence-electron chi connectivity index (χ0n) is 23.8. The lowest BCUT2D eigenvalue weighted by molar-refractivity contribution is -0.148. The van der Waals surface area contributed by atoms with Gasteiger partial charge < -0.3 is 19.9 Å². The normalized spacial score (nSPS) is 22.5. The van der Waals surface area contributed by atoms with E-state index in [-0.39, 0.29) is 24.2 Å². The Hall–Kier alpha value is -3.46. The van der Waals surface area contributed by atoms with E-state index >= 15 is 0 Å². The number of ether oxygens (including phenoxy) is 1. The van der Waals surface area contributed by atoms with E-state index in [1.165, 1.54) is 7.11 Å². The first kappa shape index (κ1) is 29.0. The zero-order valence-corrected chi connectivity index (χ0v) is 24.6. The van der Waals surface area contributed by atoms with Crippen molar-refractivity contribution in [3.8, 4) is 0 Å². The van der Waals surface area contributed by atoms with Gasteiger partial charge in [0.15, 0.2) is 5.78 Å². The number of likely N-dealkylation sites (tertiary alicyclic amines) is 1. The Morgan fingerprint density at radius 3 is 2.17 bits per heavy atom. The third-order valence-electron chi connectivity index (χ3n) is 8.18. The van der Waals surface area contributed by atoms with Crippen LogP contribution in [0.3, 0.4) is 0 Å². The quantitative estimate of drug-likeness (QED) is 0.320. The molecule has 2 fully saturated rings. The average molecular weight is 572 g/mol. The van der Waals surface area contributed by atoms with Crippen molar-refractivity contribution in [3.05, 3.63) is 101 Å². The van der Waals surface area contributed by atoms with Crippen molar-refractivity contribution in [2.45, 2.75) is 29.8 Å². The van der Waals surface area contributed by atoms with Gasteiger partial charge in [-0.25, -0.2) is 0 Å². The number of amides is 2. The average Bonchev–Trinajstić information content (AvgIpc) is 3.38. The number of rotatable bonds is 8. The minimum Gasteiger partial charge on any atom is -0.375 e. The van der Waals surface area contributed by atoms with E-state index in [1.54, 1.807) is 16.7 Å². The van der Waals surface area contributed by atoms with Crippen molar-refractivity contribution in [1.29, 1.82) is 0 Å². The monoisotopic (exact) mass is 571 g/mol. The fourth-order valence-corrected chi connectivity index (χ4v) is 6.62. The maximum absolute atomic E-state index is 14.6. The van der Waals surface area contributed by atoms with Crippen LogP contribution in [0.2, 0.25) is 0 Å². The minimum absolute atomic E-state index is 0.0806. The first-order valence-corrected chi connectivity index (χ1v) is 15.3. The molecule has 2 aliphatic heterocycles. The highest BCUT2D eigenvalue weighted by atomic mass is 32.2. The van der Waals surface area contributed by atoms with Crippen LogP contribution in [-0.4, -0.2) is 79.6 Å². The number of aryl methyl sites for hydroxylation is 1. The summed E-state index contributed by atoms with van der Waals surface area (Å²) in [6.07, 6.45) is 2.00. The maximum Gasteiger partial charge on any atom is 0.249 e. The largest absolute Gasteiger partial charge is 0.375 e. The molecule has 2 heterocycles. The van der Waals surface area contributed by atoms with Crippen molar-refractivity contribution in [3.63, 3.8) is 0 Å². The number of methoxy groups -OCH3 is 1. The molecule has 41 heavy (non-hydrogen) atoms. The van der Waals surface area contributed by atoms with Gasteiger partial charge in [0.25, 0.3) is 0 Å². The second-order valence-corrected chi connectivity index (χ2v) is 11.5. The van der Waals surface area contributed by atoms with Crippen LogP contribution in [0, 0.1) is 12.8 Å². The van der Waals surface area contributed by atoms with Crippen LogP contribution in [-0.2, 0) is 14.3 Å². The molecular formula is C33H37N3O4S. The summed E-state index contributed by atoms with van der Waals surface area (Å²) in [5.74, 6) is -1.74. The molecule has 2 saturated heterocycles. The van der Waals surface area contributed by atoms with E-state index in [0.29, 0.717) is 31.7 Å². The van der Waals surface area contributed by atoms with Gasteiger partial charge in [-0.2, -0.15) is 0 Å². The van der Waals surface area contributed by atoms with Crippen LogP contribution >= 0.6 is 11.8 Å². The molecule has 0 saturated carbocycles. The molecule has 2 amide bonds. The van der Waals surface area contributed by atoms with Crippen LogP contribution in [0.25, 0.3) is 0 Å². The van der Waals surface area contributed by atoms with Crippen LogP contribution in [0.15, 0.2) is 83.8 Å². The molecule has 0 bridgehead atoms. The molecule has 3 aromatic rings. The number of ketones is 1. The molecule has 4 unspecified atom stereocenters. The second kappa shape index (κ2) is 13.0. The topological polar surface area (TPSA) is 79.0 Å². The number of hydrogen-bond donors (Lipinski definition) is 1. The number of carbonyl (C=O) groups is 3. The van der Waals surface area contributed by atoms with Gasteiger partial charge in [-0.1, -0.05) is 72.3 Å². The van der Waals surface area contributed by atoms with E-state index in [4.69, 9.17) is 4.74 Å². The molecule has 1 N–H and O–H groups in total. The number of hydrogen-bond acceptors (Lipinski definition) is 6. The Labute approximate surface area is 246 Å². The van der Waals surface area contributed by atoms with E-state index < -0.39 is 23.9 Å². The molecular weight excluding hydrogens is 534 g/mol. The summed E-state index contributed by atoms with van der Waals surface area (Å²) in [4.78, 5) is 47.6. The third kappa shape index (κ3) is 5.96. The van der Waals surface area contributed by atoms with E-state index in [0.717, 1.165) is 21.6 Å². The lowest BCUT2D eigenvalue weighted by Gasteiger charge is -2.36. The number of Topliss-reactive ketones (excluding diaryl/α,β-unsaturated/α-hetero) is 1. The Balaban J connectivity index is 1.73. The Kier molecular flexibility index (Phi) is 9.22. The Bertz CT molecular complexity index is 1360. The van der Waals surface area contributed by atoms with Gasteiger partial charge in [-0.05, 0) is 36.4 Å². The van der Waals surface area contributed by atoms with Gasteiger partial charge in [0, 0.05) is 49.7 Å². The molecule has 0 radical (unpaired) electrons. The predicted octanol–water partition coefficient (Wildman–Crippen LogP) is 4.33. The van der Waals surface area contributed by atoms with Crippen LogP contribution < -0.4 is 5.32 Å². The standard InChI is InChI=1S/C33H37N3O4S/c1-22-9-11-24(12-10-22)30-29(32(38)25-13-15-26(41-3)16-14-25)28(23-7-5-4-6-8-23)31(36(30)27(37)21-40-2)33(39)35-19-17-34-18-20-35/h4-16,28-31,34H,17-21H2,1-3H3. The molecule has 8 heteroatoms. The van der Waals surface area contributed by atoms with Crippen molar-refractivity contribution in [1.82, 2.24) is 15.1 Å². The van der Waals surface area contributed by atoms with Crippen LogP contribution in [0.1, 0.15) is 39.0 Å². The SMILES string of the molecule is COCC(=O)N1C(C(=O)N2CCNCC2)C(c2ccccc2)C(C(=O)c2ccc(SC)cc2)C1c1ccc(C)cc1. The summed E-state index contributed by atoms with van der Waals surface area (Å²) >= 11 is 1.61. The fraction of sp³-hybridized carbons (Fsp3) is 0.364. The summed E-state index contributed by atoms with van der Waals surface area (Å²) in [5, 5.41) is 3.30. The van der Waals surface area contributed by atoms with Gasteiger partial charge in [0.2, 0.25) is 11.8 Å². The number of thioether (sulfide) groups is 1. The van der Waals surface area contributed by atoms with Gasteiger partial charge >= 0.3 is 0 Å². The zero-order chi connectivity index (χ0) is 28.9. The van der Waals surface area contributed by atoms with E-state index in [2.05, 4.69) is 5.32 Å². The molecule has 2 aliphatic rings. The van der Waals surface area contributed by atoms with Crippen LogP contribution in [0.4, 0.5) is 0 Å². The lowest BCUT2D eigenvalue weighted by atomic mass is 9.76. The Morgan fingerprint density at radius 1 is 0.902 bits per heavy atom. The van der Waals surface area contributed by atoms with Gasteiger partial charge in [0.05, 0.1) is 12.0 Å². The summed E-state index contributed by atoms with van der Waals surface area (Å²) in [7, 11) is 1.48. The fourth-order valence-electron chi connectivity index (χ4n) is 6.22. The molecule has 7 nitrogen and oxygen atoms in total. The highest BCUT2D eigenvalue weighted by Crippen LogP contribution is 2.51. The van der Waals surface area contributed by atoms with Gasteiger partial charge in [-0.3, -0.25) is 14.4 Å². The van der Waals surface area contributed by atoms with Gasteiger partial charge in [-0.15, -0.1) is 11.8 Å². The minimum atomic E-state index is -0.858. The molecule has 4 atom stereocenters. The molecule has 5 rings (SSSR count). The molecule has 0 spiro atoms.